The lowest BCUT2D eigenvalue weighted by atomic mass is 9.92. The van der Waals surface area contributed by atoms with E-state index in [1.54, 1.807) is 12.3 Å². The number of fused-ring (bicyclic) bond motifs is 1. The molecule has 0 saturated carbocycles. The van der Waals surface area contributed by atoms with Crippen molar-refractivity contribution in [3.8, 4) is 34.5 Å². The highest BCUT2D eigenvalue weighted by Crippen LogP contribution is 2.39. The minimum atomic E-state index is -0.533. The van der Waals surface area contributed by atoms with Crippen LogP contribution in [0.3, 0.4) is 0 Å². The predicted molar refractivity (Wildman–Crippen MR) is 112 cm³/mol. The number of nitriles is 2. The molecule has 0 atom stereocenters. The Balaban J connectivity index is 2.08. The normalized spacial score (nSPS) is 10.5. The number of non-ortho nitro benzene ring substituents is 1. The third-order valence-corrected chi connectivity index (χ3v) is 4.89. The van der Waals surface area contributed by atoms with Crippen molar-refractivity contribution in [3.05, 3.63) is 75.5 Å². The van der Waals surface area contributed by atoms with E-state index in [-0.39, 0.29) is 28.2 Å². The number of nitrogens with two attached hydrogens (primary N) is 1. The highest BCUT2D eigenvalue weighted by Gasteiger charge is 2.23. The molecule has 4 rings (SSSR count). The molecule has 3 N–H and O–H groups in total. The Bertz CT molecular complexity index is 1420. The first-order valence-corrected chi connectivity index (χ1v) is 8.91. The zero-order valence-corrected chi connectivity index (χ0v) is 15.8. The number of nitro groups is 1. The van der Waals surface area contributed by atoms with Crippen LogP contribution in [0.15, 0.2) is 48.7 Å². The molecule has 2 heterocycles. The monoisotopic (exact) mass is 394 g/mol. The van der Waals surface area contributed by atoms with Crippen LogP contribution >= 0.6 is 0 Å². The van der Waals surface area contributed by atoms with E-state index in [9.17, 15) is 20.6 Å². The van der Waals surface area contributed by atoms with Gasteiger partial charge in [-0.3, -0.25) is 10.1 Å². The van der Waals surface area contributed by atoms with Gasteiger partial charge < -0.3 is 10.7 Å². The highest BCUT2D eigenvalue weighted by atomic mass is 16.6. The lowest BCUT2D eigenvalue weighted by Crippen LogP contribution is -2.04. The van der Waals surface area contributed by atoms with E-state index in [0.717, 1.165) is 16.5 Å². The van der Waals surface area contributed by atoms with Crippen molar-refractivity contribution in [1.82, 2.24) is 9.97 Å². The molecule has 144 valence electrons. The molecule has 0 amide bonds. The number of nitrogens with zero attached hydrogens (tertiary/aromatic N) is 4. The molecule has 2 aromatic carbocycles. The standard InChI is InChI=1S/C22H14N6O2/c1-12-5-6-15-18(11-26-19(15)7-12)21-16(9-23)20(17(10-24)22(25)27-21)13-3-2-4-14(8-13)28(29)30/h2-8,11,26H,1H3,(H2,25,27). The van der Waals surface area contributed by atoms with Crippen LogP contribution < -0.4 is 5.73 Å². The summed E-state index contributed by atoms with van der Waals surface area (Å²) in [7, 11) is 0. The van der Waals surface area contributed by atoms with E-state index in [4.69, 9.17) is 5.73 Å². The van der Waals surface area contributed by atoms with Crippen molar-refractivity contribution in [1.29, 1.82) is 10.5 Å². The zero-order chi connectivity index (χ0) is 21.4. The second kappa shape index (κ2) is 7.04. The summed E-state index contributed by atoms with van der Waals surface area (Å²) in [6.45, 7) is 1.97. The number of aromatic nitrogens is 2. The van der Waals surface area contributed by atoms with Gasteiger partial charge in [-0.25, -0.2) is 4.98 Å². The van der Waals surface area contributed by atoms with Gasteiger partial charge in [0.15, 0.2) is 0 Å². The third-order valence-electron chi connectivity index (χ3n) is 4.89. The summed E-state index contributed by atoms with van der Waals surface area (Å²) in [5.41, 5.74) is 9.55. The summed E-state index contributed by atoms with van der Waals surface area (Å²) in [4.78, 5) is 18.2. The maximum atomic E-state index is 11.2. The van der Waals surface area contributed by atoms with Gasteiger partial charge in [-0.1, -0.05) is 24.3 Å². The number of H-pyrrole nitrogens is 1. The molecular formula is C22H14N6O2. The highest BCUT2D eigenvalue weighted by molar-refractivity contribution is 5.98. The Kier molecular flexibility index (Phi) is 4.38. The first-order valence-electron chi connectivity index (χ1n) is 8.91. The molecule has 0 aliphatic rings. The molecule has 30 heavy (non-hydrogen) atoms. The van der Waals surface area contributed by atoms with Gasteiger partial charge in [0.1, 0.15) is 23.5 Å². The second-order valence-electron chi connectivity index (χ2n) is 6.75. The van der Waals surface area contributed by atoms with Crippen molar-refractivity contribution < 1.29 is 4.92 Å². The average Bonchev–Trinajstić information content (AvgIpc) is 3.15. The molecule has 0 aliphatic carbocycles. The largest absolute Gasteiger partial charge is 0.383 e. The quantitative estimate of drug-likeness (QED) is 0.388. The number of nitrogens with one attached hydrogen (secondary N) is 1. The van der Waals surface area contributed by atoms with Crippen molar-refractivity contribution in [2.24, 2.45) is 0 Å². The third kappa shape index (κ3) is 2.89. The van der Waals surface area contributed by atoms with Gasteiger partial charge in [0.25, 0.3) is 5.69 Å². The predicted octanol–water partition coefficient (Wildman–Crippen LogP) is 4.44. The molecule has 0 aliphatic heterocycles. The van der Waals surface area contributed by atoms with Gasteiger partial charge in [0, 0.05) is 40.4 Å². The van der Waals surface area contributed by atoms with E-state index < -0.39 is 4.92 Å². The number of anilines is 1. The molecular weight excluding hydrogens is 380 g/mol. The average molecular weight is 394 g/mol. The number of benzene rings is 2. The maximum Gasteiger partial charge on any atom is 0.270 e. The Morgan fingerprint density at radius 3 is 2.60 bits per heavy atom. The number of rotatable bonds is 3. The maximum absolute atomic E-state index is 11.2. The number of aryl methyl sites for hydroxylation is 1. The first kappa shape index (κ1) is 18.7. The minimum Gasteiger partial charge on any atom is -0.383 e. The lowest BCUT2D eigenvalue weighted by Gasteiger charge is -2.13. The number of hydrogen-bond donors (Lipinski definition) is 2. The fourth-order valence-corrected chi connectivity index (χ4v) is 3.52. The molecule has 4 aromatic rings. The van der Waals surface area contributed by atoms with Crippen LogP contribution in [0.1, 0.15) is 16.7 Å². The Hall–Kier alpha value is -4.69. The molecule has 0 saturated heterocycles. The van der Waals surface area contributed by atoms with E-state index in [1.807, 2.05) is 31.2 Å². The summed E-state index contributed by atoms with van der Waals surface area (Å²) < 4.78 is 0. The minimum absolute atomic E-state index is 0.00600. The summed E-state index contributed by atoms with van der Waals surface area (Å²) in [6, 6.07) is 15.7. The number of pyridine rings is 1. The second-order valence-corrected chi connectivity index (χ2v) is 6.75. The van der Waals surface area contributed by atoms with Crippen LogP contribution in [0.2, 0.25) is 0 Å². The molecule has 0 bridgehead atoms. The fourth-order valence-electron chi connectivity index (χ4n) is 3.52. The molecule has 0 unspecified atom stereocenters. The molecule has 2 aromatic heterocycles. The summed E-state index contributed by atoms with van der Waals surface area (Å²) in [5, 5.41) is 31.7. The van der Waals surface area contributed by atoms with Gasteiger partial charge >= 0.3 is 0 Å². The van der Waals surface area contributed by atoms with Gasteiger partial charge in [-0.2, -0.15) is 10.5 Å². The van der Waals surface area contributed by atoms with E-state index in [1.165, 1.54) is 18.2 Å². The van der Waals surface area contributed by atoms with Crippen LogP contribution in [0, 0.1) is 39.7 Å². The van der Waals surface area contributed by atoms with Gasteiger partial charge in [-0.15, -0.1) is 0 Å². The zero-order valence-electron chi connectivity index (χ0n) is 15.8. The SMILES string of the molecule is Cc1ccc2c(-c3nc(N)c(C#N)c(-c4cccc([N+](=O)[O-])c4)c3C#N)c[nH]c2c1. The Morgan fingerprint density at radius 1 is 1.13 bits per heavy atom. The van der Waals surface area contributed by atoms with Crippen LogP contribution in [-0.2, 0) is 0 Å². The summed E-state index contributed by atoms with van der Waals surface area (Å²) >= 11 is 0. The first-order chi connectivity index (χ1) is 14.4. The number of nitro benzene ring substituents is 1. The van der Waals surface area contributed by atoms with E-state index >= 15 is 0 Å². The van der Waals surface area contributed by atoms with Gasteiger partial charge in [0.05, 0.1) is 16.2 Å². The molecule has 0 radical (unpaired) electrons. The molecule has 8 nitrogen and oxygen atoms in total. The van der Waals surface area contributed by atoms with E-state index in [2.05, 4.69) is 16.0 Å². The summed E-state index contributed by atoms with van der Waals surface area (Å²) in [6.07, 6.45) is 1.73. The van der Waals surface area contributed by atoms with Crippen LogP contribution in [0.25, 0.3) is 33.3 Å². The van der Waals surface area contributed by atoms with E-state index in [0.29, 0.717) is 16.8 Å². The number of hydrogen-bond acceptors (Lipinski definition) is 6. The smallest absolute Gasteiger partial charge is 0.270 e. The topological polar surface area (TPSA) is 145 Å². The van der Waals surface area contributed by atoms with Crippen molar-refractivity contribution in [3.63, 3.8) is 0 Å². The lowest BCUT2D eigenvalue weighted by molar-refractivity contribution is -0.384. The number of nitrogen functional groups attached to an aromatic ring is 1. The van der Waals surface area contributed by atoms with Gasteiger partial charge in [-0.05, 0) is 24.1 Å². The van der Waals surface area contributed by atoms with Gasteiger partial charge in [0.2, 0.25) is 0 Å². The van der Waals surface area contributed by atoms with Crippen molar-refractivity contribution in [2.75, 3.05) is 5.73 Å². The molecule has 0 spiro atoms. The Labute approximate surface area is 171 Å². The van der Waals surface area contributed by atoms with Crippen LogP contribution in [-0.4, -0.2) is 14.9 Å². The van der Waals surface area contributed by atoms with Crippen LogP contribution in [0.4, 0.5) is 11.5 Å². The molecule has 8 heteroatoms. The Morgan fingerprint density at radius 2 is 1.90 bits per heavy atom. The van der Waals surface area contributed by atoms with Crippen molar-refractivity contribution in [2.45, 2.75) is 6.92 Å². The summed E-state index contributed by atoms with van der Waals surface area (Å²) in [5.74, 6) is -0.0468. The van der Waals surface area contributed by atoms with Crippen molar-refractivity contribution >= 4 is 22.4 Å². The fraction of sp³-hybridized carbons (Fsp3) is 0.0455. The van der Waals surface area contributed by atoms with Crippen LogP contribution in [0.5, 0.6) is 0 Å². The molecule has 0 fully saturated rings. The number of aromatic amines is 1.